The quantitative estimate of drug-likeness (QED) is 0.407. The number of nitrogens with zero attached hydrogens (tertiary/aromatic N) is 4. The van der Waals surface area contributed by atoms with E-state index in [1.165, 1.54) is 21.1 Å². The number of fused-ring (bicyclic) bond motifs is 3. The van der Waals surface area contributed by atoms with Gasteiger partial charge in [-0.1, -0.05) is 41.9 Å². The summed E-state index contributed by atoms with van der Waals surface area (Å²) in [5.41, 5.74) is 1.45. The fraction of sp³-hybridized carbons (Fsp3) is 0.120. The number of nitrogens with one attached hydrogen (secondary N) is 1. The molecular formula is C25H19ClFN5O3. The summed E-state index contributed by atoms with van der Waals surface area (Å²) in [6.07, 6.45) is 0. The summed E-state index contributed by atoms with van der Waals surface area (Å²) in [7, 11) is 0. The average Bonchev–Trinajstić information content (AvgIpc) is 3.15. The molecule has 35 heavy (non-hydrogen) atoms. The predicted molar refractivity (Wildman–Crippen MR) is 132 cm³/mol. The lowest BCUT2D eigenvalue weighted by Crippen LogP contribution is -2.29. The van der Waals surface area contributed by atoms with Crippen molar-refractivity contribution >= 4 is 39.9 Å². The average molecular weight is 492 g/mol. The van der Waals surface area contributed by atoms with Gasteiger partial charge in [-0.3, -0.25) is 14.2 Å². The van der Waals surface area contributed by atoms with Gasteiger partial charge >= 0.3 is 5.69 Å². The summed E-state index contributed by atoms with van der Waals surface area (Å²) in [5.74, 6) is -0.827. The van der Waals surface area contributed by atoms with Gasteiger partial charge in [0.25, 0.3) is 5.56 Å². The molecule has 0 bridgehead atoms. The van der Waals surface area contributed by atoms with Gasteiger partial charge in [-0.15, -0.1) is 5.10 Å². The van der Waals surface area contributed by atoms with Crippen LogP contribution in [0.2, 0.25) is 5.02 Å². The summed E-state index contributed by atoms with van der Waals surface area (Å²) in [6.45, 7) is 1.56. The van der Waals surface area contributed by atoms with Gasteiger partial charge < -0.3 is 5.32 Å². The number of hydrogen-bond acceptors (Lipinski definition) is 4. The highest BCUT2D eigenvalue weighted by molar-refractivity contribution is 6.33. The van der Waals surface area contributed by atoms with E-state index in [4.69, 9.17) is 11.6 Å². The second-order valence-corrected chi connectivity index (χ2v) is 8.55. The fourth-order valence-corrected chi connectivity index (χ4v) is 4.22. The van der Waals surface area contributed by atoms with Crippen LogP contribution in [-0.4, -0.2) is 24.7 Å². The minimum absolute atomic E-state index is 0.0646. The summed E-state index contributed by atoms with van der Waals surface area (Å²) >= 11 is 6.20. The summed E-state index contributed by atoms with van der Waals surface area (Å²) in [5, 5.41) is 7.69. The number of para-hydroxylation sites is 1. The molecule has 0 spiro atoms. The molecule has 2 heterocycles. The number of amides is 1. The Bertz CT molecular complexity index is 1720. The Hall–Kier alpha value is -4.24. The van der Waals surface area contributed by atoms with Gasteiger partial charge in [0.1, 0.15) is 12.4 Å². The summed E-state index contributed by atoms with van der Waals surface area (Å²) < 4.78 is 17.0. The lowest BCUT2D eigenvalue weighted by Gasteiger charge is -2.09. The van der Waals surface area contributed by atoms with Crippen molar-refractivity contribution in [3.05, 3.63) is 110 Å². The molecule has 5 rings (SSSR count). The Morgan fingerprint density at radius 1 is 1.06 bits per heavy atom. The number of rotatable bonds is 5. The van der Waals surface area contributed by atoms with E-state index >= 15 is 0 Å². The van der Waals surface area contributed by atoms with Crippen LogP contribution in [0, 0.1) is 12.7 Å². The topological polar surface area (TPSA) is 90.4 Å². The van der Waals surface area contributed by atoms with Crippen molar-refractivity contribution in [1.82, 2.24) is 18.7 Å². The number of halogens is 2. The minimum Gasteiger partial charge on any atom is -0.323 e. The zero-order valence-electron chi connectivity index (χ0n) is 18.5. The Morgan fingerprint density at radius 2 is 1.80 bits per heavy atom. The van der Waals surface area contributed by atoms with E-state index in [0.29, 0.717) is 27.2 Å². The maximum Gasteiger partial charge on any atom is 0.352 e. The van der Waals surface area contributed by atoms with Gasteiger partial charge in [-0.2, -0.15) is 0 Å². The van der Waals surface area contributed by atoms with Crippen LogP contribution < -0.4 is 16.6 Å². The molecule has 0 saturated carbocycles. The van der Waals surface area contributed by atoms with Crippen molar-refractivity contribution in [1.29, 1.82) is 0 Å². The highest BCUT2D eigenvalue weighted by atomic mass is 35.5. The molecule has 0 aliphatic heterocycles. The summed E-state index contributed by atoms with van der Waals surface area (Å²) in [6, 6.07) is 17.6. The summed E-state index contributed by atoms with van der Waals surface area (Å²) in [4.78, 5) is 39.3. The monoisotopic (exact) mass is 491 g/mol. The number of aryl methyl sites for hydroxylation is 1. The highest BCUT2D eigenvalue weighted by Crippen LogP contribution is 2.22. The SMILES string of the molecule is Cc1ccc(NC(=O)Cn2nc3n(Cc4ccc(F)cc4)c(=O)c4ccccc4n3c2=O)c(Cl)c1. The first-order valence-electron chi connectivity index (χ1n) is 10.7. The third-order valence-corrected chi connectivity index (χ3v) is 5.94. The number of hydrogen-bond donors (Lipinski definition) is 1. The molecule has 1 amide bonds. The predicted octanol–water partition coefficient (Wildman–Crippen LogP) is 3.60. The van der Waals surface area contributed by atoms with Crippen LogP contribution in [0.25, 0.3) is 16.7 Å². The molecule has 0 unspecified atom stereocenters. The molecule has 3 aromatic carbocycles. The minimum atomic E-state index is -0.575. The van der Waals surface area contributed by atoms with Crippen molar-refractivity contribution in [2.24, 2.45) is 0 Å². The van der Waals surface area contributed by atoms with Crippen LogP contribution in [-0.2, 0) is 17.9 Å². The van der Waals surface area contributed by atoms with Crippen molar-refractivity contribution in [2.45, 2.75) is 20.0 Å². The van der Waals surface area contributed by atoms with Gasteiger partial charge in [0.2, 0.25) is 11.7 Å². The number of anilines is 1. The molecule has 10 heteroatoms. The first-order valence-corrected chi connectivity index (χ1v) is 11.1. The second-order valence-electron chi connectivity index (χ2n) is 8.14. The highest BCUT2D eigenvalue weighted by Gasteiger charge is 2.19. The molecule has 8 nitrogen and oxygen atoms in total. The molecular weight excluding hydrogens is 473 g/mol. The van der Waals surface area contributed by atoms with E-state index in [1.54, 1.807) is 54.6 Å². The molecule has 176 valence electrons. The maximum atomic E-state index is 13.4. The second kappa shape index (κ2) is 8.84. The Kier molecular flexibility index (Phi) is 5.70. The van der Waals surface area contributed by atoms with Gasteiger partial charge in [0, 0.05) is 0 Å². The van der Waals surface area contributed by atoms with Gasteiger partial charge in [-0.25, -0.2) is 18.3 Å². The van der Waals surface area contributed by atoms with Gasteiger partial charge in [-0.05, 0) is 54.4 Å². The van der Waals surface area contributed by atoms with Crippen LogP contribution in [0.4, 0.5) is 10.1 Å². The molecule has 0 atom stereocenters. The van der Waals surface area contributed by atoms with E-state index in [-0.39, 0.29) is 24.4 Å². The van der Waals surface area contributed by atoms with Crippen molar-refractivity contribution < 1.29 is 9.18 Å². The molecule has 5 aromatic rings. The van der Waals surface area contributed by atoms with Crippen LogP contribution in [0.15, 0.2) is 76.3 Å². The molecule has 0 aliphatic carbocycles. The number of carbonyl (C=O) groups is 1. The molecule has 0 radical (unpaired) electrons. The van der Waals surface area contributed by atoms with Crippen molar-refractivity contribution in [2.75, 3.05) is 5.32 Å². The third-order valence-electron chi connectivity index (χ3n) is 5.63. The van der Waals surface area contributed by atoms with E-state index in [0.717, 1.165) is 10.2 Å². The van der Waals surface area contributed by atoms with E-state index < -0.39 is 17.4 Å². The van der Waals surface area contributed by atoms with Gasteiger partial charge in [0.15, 0.2) is 0 Å². The van der Waals surface area contributed by atoms with Crippen molar-refractivity contribution in [3.63, 3.8) is 0 Å². The molecule has 0 fully saturated rings. The molecule has 0 saturated heterocycles. The lowest BCUT2D eigenvalue weighted by atomic mass is 10.2. The Morgan fingerprint density at radius 3 is 2.54 bits per heavy atom. The van der Waals surface area contributed by atoms with Crippen LogP contribution in [0.3, 0.4) is 0 Å². The molecule has 2 aromatic heterocycles. The normalized spacial score (nSPS) is 11.3. The Labute approximate surface area is 202 Å². The Balaban J connectivity index is 1.60. The molecule has 1 N–H and O–H groups in total. The van der Waals surface area contributed by atoms with Crippen LogP contribution >= 0.6 is 11.6 Å². The third kappa shape index (κ3) is 4.22. The lowest BCUT2D eigenvalue weighted by molar-refractivity contribution is -0.117. The van der Waals surface area contributed by atoms with E-state index in [1.807, 2.05) is 6.92 Å². The standard InChI is InChI=1S/C25H19ClFN5O3/c1-15-6-11-20(19(26)12-15)28-22(33)14-31-25(35)32-21-5-3-2-4-18(21)23(34)30(24(32)29-31)13-16-7-9-17(27)10-8-16/h2-12H,13-14H2,1H3,(H,28,33). The van der Waals surface area contributed by atoms with E-state index in [9.17, 15) is 18.8 Å². The molecule has 0 aliphatic rings. The zero-order valence-corrected chi connectivity index (χ0v) is 19.3. The number of benzene rings is 3. The first-order chi connectivity index (χ1) is 16.8. The number of carbonyl (C=O) groups excluding carboxylic acids is 1. The smallest absolute Gasteiger partial charge is 0.323 e. The first kappa shape index (κ1) is 22.5. The van der Waals surface area contributed by atoms with Crippen LogP contribution in [0.5, 0.6) is 0 Å². The van der Waals surface area contributed by atoms with Gasteiger partial charge in [0.05, 0.1) is 28.2 Å². The van der Waals surface area contributed by atoms with E-state index in [2.05, 4.69) is 10.4 Å². The zero-order chi connectivity index (χ0) is 24.7. The fourth-order valence-electron chi connectivity index (χ4n) is 3.93. The van der Waals surface area contributed by atoms with Crippen molar-refractivity contribution in [3.8, 4) is 0 Å². The largest absolute Gasteiger partial charge is 0.352 e. The maximum absolute atomic E-state index is 13.4. The van der Waals surface area contributed by atoms with Crippen LogP contribution in [0.1, 0.15) is 11.1 Å². The number of aromatic nitrogens is 4.